The molecule has 0 aromatic carbocycles. The summed E-state index contributed by atoms with van der Waals surface area (Å²) in [6, 6.07) is 2.06. The number of aryl methyl sites for hydroxylation is 1. The van der Waals surface area contributed by atoms with E-state index in [0.29, 0.717) is 5.92 Å². The lowest BCUT2D eigenvalue weighted by Gasteiger charge is -2.03. The Labute approximate surface area is 92.3 Å². The molecular formula is C13H20N2. The molecule has 1 rings (SSSR count). The smallest absolute Gasteiger partial charge is 0.139 e. The van der Waals surface area contributed by atoms with E-state index in [1.54, 1.807) is 0 Å². The minimum absolute atomic E-state index is 0.526. The third-order valence-corrected chi connectivity index (χ3v) is 2.59. The zero-order chi connectivity index (χ0) is 11.4. The van der Waals surface area contributed by atoms with Crippen molar-refractivity contribution in [1.82, 2.24) is 4.57 Å². The molecule has 0 N–H and O–H groups in total. The summed E-state index contributed by atoms with van der Waals surface area (Å²) in [5, 5.41) is 0. The molecular weight excluding hydrogens is 184 g/mol. The van der Waals surface area contributed by atoms with Gasteiger partial charge in [0.2, 0.25) is 0 Å². The SMILES string of the molecule is C=C(C)c1ccn(C)c1N=CC(C)CC. The monoisotopic (exact) mass is 204 g/mol. The van der Waals surface area contributed by atoms with Crippen molar-refractivity contribution in [3.63, 3.8) is 0 Å². The van der Waals surface area contributed by atoms with Crippen molar-refractivity contribution in [2.45, 2.75) is 27.2 Å². The van der Waals surface area contributed by atoms with Gasteiger partial charge in [0.25, 0.3) is 0 Å². The molecule has 0 aliphatic heterocycles. The first-order valence-corrected chi connectivity index (χ1v) is 5.41. The molecule has 82 valence electrons. The van der Waals surface area contributed by atoms with Crippen molar-refractivity contribution in [3.8, 4) is 0 Å². The van der Waals surface area contributed by atoms with Crippen LogP contribution in [0.15, 0.2) is 23.8 Å². The molecule has 0 bridgehead atoms. The van der Waals surface area contributed by atoms with Crippen LogP contribution in [-0.2, 0) is 7.05 Å². The second-order valence-corrected chi connectivity index (χ2v) is 4.11. The average molecular weight is 204 g/mol. The summed E-state index contributed by atoms with van der Waals surface area (Å²) >= 11 is 0. The van der Waals surface area contributed by atoms with E-state index in [9.17, 15) is 0 Å². The Balaban J connectivity index is 2.97. The van der Waals surface area contributed by atoms with Crippen LogP contribution in [-0.4, -0.2) is 10.8 Å². The van der Waals surface area contributed by atoms with Gasteiger partial charge in [-0.05, 0) is 30.9 Å². The molecule has 1 aromatic heterocycles. The lowest BCUT2D eigenvalue weighted by molar-refractivity contribution is 0.753. The Bertz CT molecular complexity index is 372. The predicted molar refractivity (Wildman–Crippen MR) is 67.7 cm³/mol. The lowest BCUT2D eigenvalue weighted by Crippen LogP contribution is -1.93. The first-order chi connectivity index (χ1) is 7.06. The van der Waals surface area contributed by atoms with Gasteiger partial charge < -0.3 is 4.57 Å². The number of nitrogens with zero attached hydrogens (tertiary/aromatic N) is 2. The highest BCUT2D eigenvalue weighted by molar-refractivity contribution is 5.74. The van der Waals surface area contributed by atoms with Gasteiger partial charge in [-0.25, -0.2) is 4.99 Å². The third kappa shape index (κ3) is 2.82. The van der Waals surface area contributed by atoms with E-state index < -0.39 is 0 Å². The van der Waals surface area contributed by atoms with Crippen molar-refractivity contribution in [1.29, 1.82) is 0 Å². The highest BCUT2D eigenvalue weighted by Crippen LogP contribution is 2.25. The fraction of sp³-hybridized carbons (Fsp3) is 0.462. The molecule has 15 heavy (non-hydrogen) atoms. The summed E-state index contributed by atoms with van der Waals surface area (Å²) in [4.78, 5) is 4.53. The highest BCUT2D eigenvalue weighted by Gasteiger charge is 2.05. The number of hydrogen-bond donors (Lipinski definition) is 0. The van der Waals surface area contributed by atoms with Gasteiger partial charge in [0.1, 0.15) is 5.82 Å². The summed E-state index contributed by atoms with van der Waals surface area (Å²) in [7, 11) is 2.01. The Morgan fingerprint density at radius 2 is 2.33 bits per heavy atom. The molecule has 0 spiro atoms. The average Bonchev–Trinajstić information content (AvgIpc) is 2.56. The van der Waals surface area contributed by atoms with Crippen LogP contribution in [0.2, 0.25) is 0 Å². The molecule has 0 aliphatic rings. The Hall–Kier alpha value is -1.31. The molecule has 1 heterocycles. The molecule has 2 nitrogen and oxygen atoms in total. The van der Waals surface area contributed by atoms with E-state index in [4.69, 9.17) is 0 Å². The molecule has 1 unspecified atom stereocenters. The van der Waals surface area contributed by atoms with Crippen LogP contribution >= 0.6 is 0 Å². The van der Waals surface area contributed by atoms with Crippen LogP contribution < -0.4 is 0 Å². The minimum Gasteiger partial charge on any atom is -0.336 e. The normalized spacial score (nSPS) is 13.3. The molecule has 0 fully saturated rings. The lowest BCUT2D eigenvalue weighted by atomic mass is 10.1. The molecule has 2 heteroatoms. The number of aliphatic imine (C=N–C) groups is 1. The molecule has 0 saturated carbocycles. The standard InChI is InChI=1S/C13H20N2/c1-6-11(4)9-14-13-12(10(2)3)7-8-15(13)5/h7-9,11H,2,6H2,1,3-5H3. The Morgan fingerprint density at radius 3 is 2.87 bits per heavy atom. The maximum absolute atomic E-state index is 4.53. The van der Waals surface area contributed by atoms with E-state index in [-0.39, 0.29) is 0 Å². The van der Waals surface area contributed by atoms with Crippen molar-refractivity contribution >= 4 is 17.6 Å². The van der Waals surface area contributed by atoms with Gasteiger partial charge in [0.05, 0.1) is 0 Å². The zero-order valence-corrected chi connectivity index (χ0v) is 10.1. The Morgan fingerprint density at radius 1 is 1.67 bits per heavy atom. The van der Waals surface area contributed by atoms with Gasteiger partial charge in [0, 0.05) is 25.0 Å². The quantitative estimate of drug-likeness (QED) is 0.664. The molecule has 0 saturated heterocycles. The van der Waals surface area contributed by atoms with Crippen LogP contribution in [0.3, 0.4) is 0 Å². The number of rotatable bonds is 4. The summed E-state index contributed by atoms with van der Waals surface area (Å²) < 4.78 is 2.03. The minimum atomic E-state index is 0.526. The largest absolute Gasteiger partial charge is 0.336 e. The number of allylic oxidation sites excluding steroid dienone is 1. The van der Waals surface area contributed by atoms with Crippen molar-refractivity contribution in [2.24, 2.45) is 18.0 Å². The van der Waals surface area contributed by atoms with Crippen LogP contribution in [0.5, 0.6) is 0 Å². The van der Waals surface area contributed by atoms with E-state index in [2.05, 4.69) is 31.5 Å². The summed E-state index contributed by atoms with van der Waals surface area (Å²) in [5.74, 6) is 1.53. The topological polar surface area (TPSA) is 17.3 Å². The maximum atomic E-state index is 4.53. The van der Waals surface area contributed by atoms with Gasteiger partial charge in [-0.1, -0.05) is 20.4 Å². The molecule has 0 radical (unpaired) electrons. The van der Waals surface area contributed by atoms with Crippen molar-refractivity contribution in [2.75, 3.05) is 0 Å². The first kappa shape index (κ1) is 11.8. The van der Waals surface area contributed by atoms with Crippen LogP contribution in [0.4, 0.5) is 5.82 Å². The van der Waals surface area contributed by atoms with Crippen molar-refractivity contribution in [3.05, 3.63) is 24.4 Å². The van der Waals surface area contributed by atoms with Crippen LogP contribution in [0.25, 0.3) is 5.57 Å². The van der Waals surface area contributed by atoms with E-state index in [1.165, 1.54) is 0 Å². The summed E-state index contributed by atoms with van der Waals surface area (Å²) in [6.45, 7) is 10.3. The van der Waals surface area contributed by atoms with Crippen LogP contribution in [0, 0.1) is 5.92 Å². The van der Waals surface area contributed by atoms with E-state index in [1.807, 2.05) is 30.9 Å². The van der Waals surface area contributed by atoms with Gasteiger partial charge in [-0.3, -0.25) is 0 Å². The molecule has 1 atom stereocenters. The number of hydrogen-bond acceptors (Lipinski definition) is 1. The molecule has 1 aromatic rings. The first-order valence-electron chi connectivity index (χ1n) is 5.41. The predicted octanol–water partition coefficient (Wildman–Crippen LogP) is 3.81. The summed E-state index contributed by atoms with van der Waals surface area (Å²) in [6.07, 6.45) is 5.16. The number of aromatic nitrogens is 1. The van der Waals surface area contributed by atoms with Crippen molar-refractivity contribution < 1.29 is 0 Å². The Kier molecular flexibility index (Phi) is 3.89. The van der Waals surface area contributed by atoms with Crippen LogP contribution in [0.1, 0.15) is 32.8 Å². The highest BCUT2D eigenvalue weighted by atomic mass is 15.0. The fourth-order valence-corrected chi connectivity index (χ4v) is 1.32. The fourth-order valence-electron chi connectivity index (χ4n) is 1.32. The van der Waals surface area contributed by atoms with Gasteiger partial charge in [-0.15, -0.1) is 0 Å². The van der Waals surface area contributed by atoms with Gasteiger partial charge >= 0.3 is 0 Å². The second-order valence-electron chi connectivity index (χ2n) is 4.11. The summed E-state index contributed by atoms with van der Waals surface area (Å²) in [5.41, 5.74) is 2.20. The second kappa shape index (κ2) is 4.96. The van der Waals surface area contributed by atoms with E-state index in [0.717, 1.165) is 23.4 Å². The molecule has 0 amide bonds. The zero-order valence-electron chi connectivity index (χ0n) is 10.1. The van der Waals surface area contributed by atoms with E-state index >= 15 is 0 Å². The molecule has 0 aliphatic carbocycles. The van der Waals surface area contributed by atoms with Gasteiger partial charge in [-0.2, -0.15) is 0 Å². The van der Waals surface area contributed by atoms with Gasteiger partial charge in [0.15, 0.2) is 0 Å². The third-order valence-electron chi connectivity index (χ3n) is 2.59. The maximum Gasteiger partial charge on any atom is 0.139 e.